The predicted molar refractivity (Wildman–Crippen MR) is 85.3 cm³/mol. The standard InChI is InChI=1S/C15H18BrNOS/c1-4-17-14(15-13(16)8-10(2)19-15)11-6-5-7-12(9-11)18-3/h5-9,14,17H,4H2,1-3H3. The number of halogens is 1. The number of rotatable bonds is 5. The Kier molecular flexibility index (Phi) is 5.02. The van der Waals surface area contributed by atoms with Gasteiger partial charge in [0.25, 0.3) is 0 Å². The van der Waals surface area contributed by atoms with E-state index in [-0.39, 0.29) is 6.04 Å². The van der Waals surface area contributed by atoms with Gasteiger partial charge in [0.2, 0.25) is 0 Å². The van der Waals surface area contributed by atoms with E-state index >= 15 is 0 Å². The lowest BCUT2D eigenvalue weighted by Gasteiger charge is -2.18. The molecule has 1 aromatic heterocycles. The molecule has 2 rings (SSSR count). The molecule has 1 N–H and O–H groups in total. The van der Waals surface area contributed by atoms with Crippen LogP contribution in [-0.2, 0) is 0 Å². The summed E-state index contributed by atoms with van der Waals surface area (Å²) in [7, 11) is 1.70. The summed E-state index contributed by atoms with van der Waals surface area (Å²) in [6, 6.07) is 10.6. The highest BCUT2D eigenvalue weighted by Gasteiger charge is 2.18. The topological polar surface area (TPSA) is 21.3 Å². The van der Waals surface area contributed by atoms with Crippen LogP contribution in [0.2, 0.25) is 0 Å². The maximum atomic E-state index is 5.32. The van der Waals surface area contributed by atoms with Crippen LogP contribution in [0.1, 0.15) is 28.3 Å². The number of ether oxygens (including phenoxy) is 1. The molecule has 0 aliphatic rings. The molecule has 0 aliphatic carbocycles. The zero-order valence-corrected chi connectivity index (χ0v) is 13.8. The van der Waals surface area contributed by atoms with Crippen LogP contribution >= 0.6 is 27.3 Å². The number of aryl methyl sites for hydroxylation is 1. The van der Waals surface area contributed by atoms with E-state index in [1.807, 2.05) is 23.5 Å². The summed E-state index contributed by atoms with van der Waals surface area (Å²) in [5.74, 6) is 0.893. The smallest absolute Gasteiger partial charge is 0.119 e. The van der Waals surface area contributed by atoms with Gasteiger partial charge in [0, 0.05) is 14.2 Å². The first-order valence-corrected chi connectivity index (χ1v) is 7.89. The molecule has 1 atom stereocenters. The first kappa shape index (κ1) is 14.6. The molecule has 2 nitrogen and oxygen atoms in total. The van der Waals surface area contributed by atoms with Gasteiger partial charge in [-0.1, -0.05) is 19.1 Å². The summed E-state index contributed by atoms with van der Waals surface area (Å²) in [6.45, 7) is 5.18. The second-order valence-corrected chi connectivity index (χ2v) is 6.48. The highest BCUT2D eigenvalue weighted by atomic mass is 79.9. The summed E-state index contributed by atoms with van der Waals surface area (Å²) in [5.41, 5.74) is 1.23. The van der Waals surface area contributed by atoms with Gasteiger partial charge >= 0.3 is 0 Å². The van der Waals surface area contributed by atoms with Crippen LogP contribution in [0.5, 0.6) is 5.75 Å². The summed E-state index contributed by atoms with van der Waals surface area (Å²) in [4.78, 5) is 2.63. The molecule has 1 heterocycles. The second-order valence-electron chi connectivity index (χ2n) is 4.34. The van der Waals surface area contributed by atoms with E-state index in [1.165, 1.54) is 19.8 Å². The van der Waals surface area contributed by atoms with Gasteiger partial charge in [-0.15, -0.1) is 11.3 Å². The molecule has 0 saturated carbocycles. The van der Waals surface area contributed by atoms with Crippen LogP contribution < -0.4 is 10.1 Å². The molecular formula is C15H18BrNOS. The fraction of sp³-hybridized carbons (Fsp3) is 0.333. The Hall–Kier alpha value is -0.840. The monoisotopic (exact) mass is 339 g/mol. The fourth-order valence-electron chi connectivity index (χ4n) is 2.09. The lowest BCUT2D eigenvalue weighted by molar-refractivity contribution is 0.413. The first-order chi connectivity index (χ1) is 9.15. The Morgan fingerprint density at radius 1 is 1.37 bits per heavy atom. The number of thiophene rings is 1. The van der Waals surface area contributed by atoms with Gasteiger partial charge in [-0.05, 0) is 53.2 Å². The van der Waals surface area contributed by atoms with E-state index < -0.39 is 0 Å². The van der Waals surface area contributed by atoms with Crippen LogP contribution in [0.15, 0.2) is 34.8 Å². The minimum atomic E-state index is 0.202. The largest absolute Gasteiger partial charge is 0.497 e. The molecule has 19 heavy (non-hydrogen) atoms. The Morgan fingerprint density at radius 2 is 2.16 bits per heavy atom. The van der Waals surface area contributed by atoms with Crippen LogP contribution in [0.25, 0.3) is 0 Å². The number of hydrogen-bond acceptors (Lipinski definition) is 3. The third-order valence-corrected chi connectivity index (χ3v) is 4.97. The van der Waals surface area contributed by atoms with E-state index in [0.717, 1.165) is 12.3 Å². The zero-order valence-electron chi connectivity index (χ0n) is 11.4. The van der Waals surface area contributed by atoms with Gasteiger partial charge in [-0.3, -0.25) is 0 Å². The summed E-state index contributed by atoms with van der Waals surface area (Å²) < 4.78 is 6.49. The molecule has 2 aromatic rings. The van der Waals surface area contributed by atoms with Crippen molar-refractivity contribution in [1.82, 2.24) is 5.32 Å². The molecule has 0 saturated heterocycles. The average Bonchev–Trinajstić information content (AvgIpc) is 2.75. The molecule has 0 amide bonds. The van der Waals surface area contributed by atoms with Gasteiger partial charge < -0.3 is 10.1 Å². The van der Waals surface area contributed by atoms with Crippen molar-refractivity contribution < 1.29 is 4.74 Å². The highest BCUT2D eigenvalue weighted by molar-refractivity contribution is 9.10. The van der Waals surface area contributed by atoms with Crippen molar-refractivity contribution in [2.24, 2.45) is 0 Å². The molecule has 0 aliphatic heterocycles. The van der Waals surface area contributed by atoms with E-state index in [2.05, 4.69) is 53.3 Å². The SMILES string of the molecule is CCNC(c1cccc(OC)c1)c1sc(C)cc1Br. The Balaban J connectivity index is 2.41. The third kappa shape index (κ3) is 3.38. The van der Waals surface area contributed by atoms with E-state index in [4.69, 9.17) is 4.74 Å². The van der Waals surface area contributed by atoms with Crippen molar-refractivity contribution in [2.75, 3.05) is 13.7 Å². The maximum absolute atomic E-state index is 5.32. The van der Waals surface area contributed by atoms with Gasteiger partial charge in [0.05, 0.1) is 13.2 Å². The van der Waals surface area contributed by atoms with Crippen molar-refractivity contribution in [3.8, 4) is 5.75 Å². The van der Waals surface area contributed by atoms with Crippen molar-refractivity contribution >= 4 is 27.3 Å². The number of hydrogen-bond donors (Lipinski definition) is 1. The van der Waals surface area contributed by atoms with Crippen LogP contribution in [0, 0.1) is 6.92 Å². The summed E-state index contributed by atoms with van der Waals surface area (Å²) in [6.07, 6.45) is 0. The average molecular weight is 340 g/mol. The molecule has 102 valence electrons. The second kappa shape index (κ2) is 6.55. The van der Waals surface area contributed by atoms with E-state index in [1.54, 1.807) is 7.11 Å². The fourth-order valence-corrected chi connectivity index (χ4v) is 4.07. The third-order valence-electron chi connectivity index (χ3n) is 2.93. The molecule has 1 unspecified atom stereocenters. The normalized spacial score (nSPS) is 12.4. The van der Waals surface area contributed by atoms with Crippen LogP contribution in [-0.4, -0.2) is 13.7 Å². The van der Waals surface area contributed by atoms with Crippen molar-refractivity contribution in [1.29, 1.82) is 0 Å². The maximum Gasteiger partial charge on any atom is 0.119 e. The zero-order chi connectivity index (χ0) is 13.8. The minimum absolute atomic E-state index is 0.202. The van der Waals surface area contributed by atoms with Gasteiger partial charge in [-0.2, -0.15) is 0 Å². The number of benzene rings is 1. The van der Waals surface area contributed by atoms with Gasteiger partial charge in [0.1, 0.15) is 5.75 Å². The molecule has 0 radical (unpaired) electrons. The predicted octanol–water partition coefficient (Wildman–Crippen LogP) is 4.53. The van der Waals surface area contributed by atoms with Crippen LogP contribution in [0.4, 0.5) is 0 Å². The Morgan fingerprint density at radius 3 is 2.74 bits per heavy atom. The van der Waals surface area contributed by atoms with E-state index in [9.17, 15) is 0 Å². The number of methoxy groups -OCH3 is 1. The molecule has 0 fully saturated rings. The highest BCUT2D eigenvalue weighted by Crippen LogP contribution is 2.36. The first-order valence-electron chi connectivity index (χ1n) is 6.29. The molecule has 0 spiro atoms. The Labute approximate surface area is 126 Å². The van der Waals surface area contributed by atoms with Crippen LogP contribution in [0.3, 0.4) is 0 Å². The molecule has 1 aromatic carbocycles. The molecule has 0 bridgehead atoms. The Bertz CT molecular complexity index is 553. The van der Waals surface area contributed by atoms with Crippen molar-refractivity contribution in [3.05, 3.63) is 50.1 Å². The van der Waals surface area contributed by atoms with E-state index in [0.29, 0.717) is 0 Å². The van der Waals surface area contributed by atoms with Gasteiger partial charge in [0.15, 0.2) is 0 Å². The van der Waals surface area contributed by atoms with Crippen molar-refractivity contribution in [3.63, 3.8) is 0 Å². The summed E-state index contributed by atoms with van der Waals surface area (Å²) >= 11 is 5.48. The molecular weight excluding hydrogens is 322 g/mol. The van der Waals surface area contributed by atoms with Gasteiger partial charge in [-0.25, -0.2) is 0 Å². The quantitative estimate of drug-likeness (QED) is 0.864. The lowest BCUT2D eigenvalue weighted by atomic mass is 10.0. The number of nitrogens with one attached hydrogen (secondary N) is 1. The lowest BCUT2D eigenvalue weighted by Crippen LogP contribution is -2.21. The minimum Gasteiger partial charge on any atom is -0.497 e. The molecule has 4 heteroatoms. The summed E-state index contributed by atoms with van der Waals surface area (Å²) in [5, 5.41) is 3.55. The van der Waals surface area contributed by atoms with Crippen molar-refractivity contribution in [2.45, 2.75) is 19.9 Å².